The number of hydrogen-bond acceptors (Lipinski definition) is 3. The van der Waals surface area contributed by atoms with Crippen molar-refractivity contribution in [2.45, 2.75) is 39.8 Å². The number of benzene rings is 2. The predicted molar refractivity (Wildman–Crippen MR) is 98.3 cm³/mol. The summed E-state index contributed by atoms with van der Waals surface area (Å²) in [4.78, 5) is 11.9. The Bertz CT molecular complexity index is 651. The van der Waals surface area contributed by atoms with Crippen LogP contribution < -0.4 is 15.4 Å². The van der Waals surface area contributed by atoms with E-state index in [4.69, 9.17) is 4.74 Å². The molecule has 0 fully saturated rings. The van der Waals surface area contributed by atoms with E-state index in [1.54, 1.807) is 0 Å². The molecule has 4 nitrogen and oxygen atoms in total. The highest BCUT2D eigenvalue weighted by Gasteiger charge is 2.03. The van der Waals surface area contributed by atoms with Gasteiger partial charge in [0.15, 0.2) is 0 Å². The van der Waals surface area contributed by atoms with Crippen molar-refractivity contribution in [2.24, 2.45) is 0 Å². The number of carbonyl (C=O) groups is 1. The van der Waals surface area contributed by atoms with Gasteiger partial charge in [-0.25, -0.2) is 0 Å². The van der Waals surface area contributed by atoms with Crippen molar-refractivity contribution in [1.82, 2.24) is 5.32 Å². The quantitative estimate of drug-likeness (QED) is 0.773. The molecule has 2 rings (SSSR count). The number of carbonyl (C=O) groups excluding carboxylic acids is 1. The molecular formula is C20H26N2O2. The van der Waals surface area contributed by atoms with Crippen LogP contribution >= 0.6 is 0 Å². The van der Waals surface area contributed by atoms with Gasteiger partial charge in [-0.1, -0.05) is 24.3 Å². The third-order valence-electron chi connectivity index (χ3n) is 3.64. The number of ether oxygens (including phenoxy) is 1. The molecule has 2 N–H and O–H groups in total. The second-order valence-electron chi connectivity index (χ2n) is 6.07. The van der Waals surface area contributed by atoms with Crippen molar-refractivity contribution in [2.75, 3.05) is 11.9 Å². The molecule has 0 aliphatic carbocycles. The molecule has 2 aromatic carbocycles. The molecule has 0 aromatic heterocycles. The summed E-state index contributed by atoms with van der Waals surface area (Å²) in [6, 6.07) is 15.9. The van der Waals surface area contributed by atoms with Crippen LogP contribution in [0.1, 0.15) is 31.4 Å². The van der Waals surface area contributed by atoms with Crippen molar-refractivity contribution >= 4 is 11.6 Å². The Balaban J connectivity index is 1.70. The van der Waals surface area contributed by atoms with Crippen molar-refractivity contribution in [3.05, 3.63) is 59.7 Å². The van der Waals surface area contributed by atoms with E-state index >= 15 is 0 Å². The van der Waals surface area contributed by atoms with E-state index < -0.39 is 0 Å². The lowest BCUT2D eigenvalue weighted by molar-refractivity contribution is -0.121. The summed E-state index contributed by atoms with van der Waals surface area (Å²) in [6.45, 7) is 7.23. The summed E-state index contributed by atoms with van der Waals surface area (Å²) >= 11 is 0. The maximum absolute atomic E-state index is 11.9. The van der Waals surface area contributed by atoms with Crippen molar-refractivity contribution < 1.29 is 9.53 Å². The first-order chi connectivity index (χ1) is 11.5. The Morgan fingerprint density at radius 2 is 1.79 bits per heavy atom. The third-order valence-corrected chi connectivity index (χ3v) is 3.64. The van der Waals surface area contributed by atoms with Crippen LogP contribution in [-0.4, -0.2) is 18.6 Å². The highest BCUT2D eigenvalue weighted by atomic mass is 16.5. The number of nitrogens with one attached hydrogen (secondary N) is 2. The Labute approximate surface area is 144 Å². The summed E-state index contributed by atoms with van der Waals surface area (Å²) in [5, 5.41) is 6.21. The molecule has 0 aliphatic heterocycles. The van der Waals surface area contributed by atoms with E-state index in [0.29, 0.717) is 19.5 Å². The molecule has 4 heteroatoms. The molecule has 0 spiro atoms. The molecular weight excluding hydrogens is 300 g/mol. The second kappa shape index (κ2) is 8.96. The van der Waals surface area contributed by atoms with Gasteiger partial charge in [0.1, 0.15) is 5.75 Å². The molecule has 0 heterocycles. The molecule has 1 amide bonds. The molecule has 0 aliphatic rings. The zero-order valence-corrected chi connectivity index (χ0v) is 14.6. The smallest absolute Gasteiger partial charge is 0.222 e. The van der Waals surface area contributed by atoms with E-state index in [2.05, 4.69) is 23.6 Å². The Morgan fingerprint density at radius 1 is 1.08 bits per heavy atom. The van der Waals surface area contributed by atoms with Crippen molar-refractivity contribution in [1.29, 1.82) is 0 Å². The van der Waals surface area contributed by atoms with Crippen molar-refractivity contribution in [3.8, 4) is 5.75 Å². The lowest BCUT2D eigenvalue weighted by atomic mass is 10.1. The van der Waals surface area contributed by atoms with Gasteiger partial charge in [0.05, 0.1) is 6.10 Å². The van der Waals surface area contributed by atoms with Crippen LogP contribution in [0.15, 0.2) is 48.5 Å². The monoisotopic (exact) mass is 326 g/mol. The van der Waals surface area contributed by atoms with E-state index in [0.717, 1.165) is 17.0 Å². The SMILES string of the molecule is Cc1ccccc1CNC(=O)CCNc1ccc(OC(C)C)cc1. The molecule has 0 saturated heterocycles. The molecule has 0 unspecified atom stereocenters. The number of rotatable bonds is 8. The molecule has 24 heavy (non-hydrogen) atoms. The molecule has 128 valence electrons. The minimum absolute atomic E-state index is 0.0468. The minimum Gasteiger partial charge on any atom is -0.491 e. The van der Waals surface area contributed by atoms with Crippen LogP contribution in [0.4, 0.5) is 5.69 Å². The van der Waals surface area contributed by atoms with Crippen LogP contribution in [0.2, 0.25) is 0 Å². The fourth-order valence-corrected chi connectivity index (χ4v) is 2.33. The first-order valence-electron chi connectivity index (χ1n) is 8.36. The van der Waals surface area contributed by atoms with Gasteiger partial charge in [-0.15, -0.1) is 0 Å². The highest BCUT2D eigenvalue weighted by molar-refractivity contribution is 5.76. The zero-order chi connectivity index (χ0) is 17.4. The standard InChI is InChI=1S/C20H26N2O2/c1-15(2)24-19-10-8-18(9-11-19)21-13-12-20(23)22-14-17-7-5-4-6-16(17)3/h4-11,15,21H,12-14H2,1-3H3,(H,22,23). The van der Waals surface area contributed by atoms with Gasteiger partial charge in [0, 0.05) is 25.2 Å². The average Bonchev–Trinajstić information content (AvgIpc) is 2.55. The topological polar surface area (TPSA) is 50.4 Å². The predicted octanol–water partition coefficient (Wildman–Crippen LogP) is 3.90. The average molecular weight is 326 g/mol. The first-order valence-corrected chi connectivity index (χ1v) is 8.36. The van der Waals surface area contributed by atoms with Crippen LogP contribution in [0.25, 0.3) is 0 Å². The normalized spacial score (nSPS) is 10.5. The van der Waals surface area contributed by atoms with E-state index in [1.165, 1.54) is 5.56 Å². The summed E-state index contributed by atoms with van der Waals surface area (Å²) in [5.41, 5.74) is 3.33. The van der Waals surface area contributed by atoms with Gasteiger partial charge in [-0.3, -0.25) is 4.79 Å². The third kappa shape index (κ3) is 5.95. The number of hydrogen-bond donors (Lipinski definition) is 2. The largest absolute Gasteiger partial charge is 0.491 e. The number of aryl methyl sites for hydroxylation is 1. The number of amides is 1. The number of anilines is 1. The minimum atomic E-state index is 0.0468. The second-order valence-corrected chi connectivity index (χ2v) is 6.07. The van der Waals surface area contributed by atoms with Crippen LogP contribution in [0.3, 0.4) is 0 Å². The Hall–Kier alpha value is -2.49. The van der Waals surface area contributed by atoms with Crippen molar-refractivity contribution in [3.63, 3.8) is 0 Å². The molecule has 0 saturated carbocycles. The van der Waals surface area contributed by atoms with Gasteiger partial charge in [0.25, 0.3) is 0 Å². The maximum atomic E-state index is 11.9. The zero-order valence-electron chi connectivity index (χ0n) is 14.6. The lowest BCUT2D eigenvalue weighted by Gasteiger charge is -2.11. The summed E-state index contributed by atoms with van der Waals surface area (Å²) in [5.74, 6) is 0.900. The first kappa shape index (κ1) is 17.9. The Morgan fingerprint density at radius 3 is 2.46 bits per heavy atom. The maximum Gasteiger partial charge on any atom is 0.222 e. The Kier molecular flexibility index (Phi) is 6.67. The van der Waals surface area contributed by atoms with E-state index in [-0.39, 0.29) is 12.0 Å². The van der Waals surface area contributed by atoms with Gasteiger partial charge in [0.2, 0.25) is 5.91 Å². The fourth-order valence-electron chi connectivity index (χ4n) is 2.33. The van der Waals surface area contributed by atoms with Gasteiger partial charge in [-0.05, 0) is 56.2 Å². The molecule has 0 radical (unpaired) electrons. The molecule has 0 atom stereocenters. The van der Waals surface area contributed by atoms with Gasteiger partial charge < -0.3 is 15.4 Å². The lowest BCUT2D eigenvalue weighted by Crippen LogP contribution is -2.25. The summed E-state index contributed by atoms with van der Waals surface area (Å²) < 4.78 is 5.60. The van der Waals surface area contributed by atoms with Crippen LogP contribution in [0.5, 0.6) is 5.75 Å². The fraction of sp³-hybridized carbons (Fsp3) is 0.350. The van der Waals surface area contributed by atoms with E-state index in [1.807, 2.05) is 56.3 Å². The van der Waals surface area contributed by atoms with Crippen LogP contribution in [-0.2, 0) is 11.3 Å². The van der Waals surface area contributed by atoms with Crippen LogP contribution in [0, 0.1) is 6.92 Å². The highest BCUT2D eigenvalue weighted by Crippen LogP contribution is 2.16. The molecule has 0 bridgehead atoms. The van der Waals surface area contributed by atoms with E-state index in [9.17, 15) is 4.79 Å². The molecule has 2 aromatic rings. The van der Waals surface area contributed by atoms with Gasteiger partial charge >= 0.3 is 0 Å². The van der Waals surface area contributed by atoms with Gasteiger partial charge in [-0.2, -0.15) is 0 Å². The summed E-state index contributed by atoms with van der Waals surface area (Å²) in [6.07, 6.45) is 0.608. The summed E-state index contributed by atoms with van der Waals surface area (Å²) in [7, 11) is 0.